The first kappa shape index (κ1) is 33.3. The fourth-order valence-corrected chi connectivity index (χ4v) is 6.38. The summed E-state index contributed by atoms with van der Waals surface area (Å²) in [6.07, 6.45) is 1.98. The first-order valence-electron chi connectivity index (χ1n) is 15.3. The molecule has 0 aliphatic heterocycles. The zero-order valence-corrected chi connectivity index (χ0v) is 26.7. The highest BCUT2D eigenvalue weighted by molar-refractivity contribution is 7.92. The summed E-state index contributed by atoms with van der Waals surface area (Å²) in [7, 11) is -4.18. The third-order valence-electron chi connectivity index (χ3n) is 7.34. The molecular formula is C36H41N3O5S. The molecule has 4 aromatic rings. The minimum absolute atomic E-state index is 0.0235. The van der Waals surface area contributed by atoms with Crippen molar-refractivity contribution in [1.82, 2.24) is 10.2 Å². The summed E-state index contributed by atoms with van der Waals surface area (Å²) in [6.45, 7) is 4.45. The van der Waals surface area contributed by atoms with Crippen molar-refractivity contribution in [1.29, 1.82) is 0 Å². The molecular weight excluding hydrogens is 586 g/mol. The van der Waals surface area contributed by atoms with Crippen LogP contribution in [0, 0.1) is 0 Å². The van der Waals surface area contributed by atoms with Crippen LogP contribution in [0.4, 0.5) is 5.69 Å². The Bertz CT molecular complexity index is 1600. The number of sulfonamides is 1. The Hall–Kier alpha value is -4.63. The van der Waals surface area contributed by atoms with Crippen LogP contribution in [0.3, 0.4) is 0 Å². The third kappa shape index (κ3) is 9.18. The Labute approximate surface area is 266 Å². The maximum absolute atomic E-state index is 14.4. The van der Waals surface area contributed by atoms with Crippen molar-refractivity contribution in [3.8, 4) is 5.75 Å². The molecule has 4 rings (SSSR count). The van der Waals surface area contributed by atoms with E-state index < -0.39 is 28.5 Å². The lowest BCUT2D eigenvalue weighted by molar-refractivity contribution is -0.140. The average molecular weight is 628 g/mol. The van der Waals surface area contributed by atoms with Crippen molar-refractivity contribution in [3.63, 3.8) is 0 Å². The number of nitrogens with zero attached hydrogens (tertiary/aromatic N) is 2. The van der Waals surface area contributed by atoms with Crippen LogP contribution in [0.2, 0.25) is 0 Å². The number of benzene rings is 4. The number of hydrogen-bond acceptors (Lipinski definition) is 5. The van der Waals surface area contributed by atoms with Gasteiger partial charge in [-0.2, -0.15) is 0 Å². The molecule has 0 heterocycles. The lowest BCUT2D eigenvalue weighted by Gasteiger charge is -2.34. The van der Waals surface area contributed by atoms with Gasteiger partial charge in [0.1, 0.15) is 18.3 Å². The molecule has 4 aromatic carbocycles. The predicted octanol–water partition coefficient (Wildman–Crippen LogP) is 5.84. The van der Waals surface area contributed by atoms with E-state index in [4.69, 9.17) is 4.74 Å². The van der Waals surface area contributed by atoms with E-state index >= 15 is 0 Å². The summed E-state index contributed by atoms with van der Waals surface area (Å²) in [4.78, 5) is 29.7. The van der Waals surface area contributed by atoms with Crippen molar-refractivity contribution in [2.45, 2.75) is 50.6 Å². The van der Waals surface area contributed by atoms with Gasteiger partial charge in [0.25, 0.3) is 10.0 Å². The van der Waals surface area contributed by atoms with Gasteiger partial charge in [-0.3, -0.25) is 13.9 Å². The van der Waals surface area contributed by atoms with Gasteiger partial charge >= 0.3 is 0 Å². The second-order valence-electron chi connectivity index (χ2n) is 10.6. The van der Waals surface area contributed by atoms with Crippen LogP contribution in [0.15, 0.2) is 120 Å². The molecule has 236 valence electrons. The van der Waals surface area contributed by atoms with E-state index in [9.17, 15) is 18.0 Å². The number of nitrogens with one attached hydrogen (secondary N) is 1. The molecule has 0 bridgehead atoms. The maximum atomic E-state index is 14.4. The zero-order chi connectivity index (χ0) is 32.1. The van der Waals surface area contributed by atoms with Gasteiger partial charge in [-0.1, -0.05) is 92.2 Å². The Balaban J connectivity index is 1.74. The number of carbonyl (C=O) groups is 2. The van der Waals surface area contributed by atoms with E-state index in [1.807, 2.05) is 74.5 Å². The molecule has 8 nitrogen and oxygen atoms in total. The molecule has 0 fully saturated rings. The van der Waals surface area contributed by atoms with Crippen molar-refractivity contribution in [3.05, 3.63) is 126 Å². The quantitative estimate of drug-likeness (QED) is 0.158. The number of anilines is 1. The number of hydrogen-bond donors (Lipinski definition) is 1. The van der Waals surface area contributed by atoms with Gasteiger partial charge in [0.05, 0.1) is 17.2 Å². The van der Waals surface area contributed by atoms with Crippen LogP contribution in [0.25, 0.3) is 0 Å². The molecule has 0 spiro atoms. The van der Waals surface area contributed by atoms with Gasteiger partial charge in [-0.15, -0.1) is 0 Å². The fourth-order valence-electron chi connectivity index (χ4n) is 4.96. The molecule has 1 unspecified atom stereocenters. The third-order valence-corrected chi connectivity index (χ3v) is 9.13. The number of carbonyl (C=O) groups excluding carboxylic acids is 2. The normalized spacial score (nSPS) is 11.8. The molecule has 1 atom stereocenters. The van der Waals surface area contributed by atoms with Crippen LogP contribution in [-0.2, 0) is 32.6 Å². The molecule has 0 aliphatic carbocycles. The summed E-state index contributed by atoms with van der Waals surface area (Å²) < 4.78 is 34.9. The van der Waals surface area contributed by atoms with E-state index in [0.717, 1.165) is 28.3 Å². The minimum Gasteiger partial charge on any atom is -0.494 e. The largest absolute Gasteiger partial charge is 0.494 e. The van der Waals surface area contributed by atoms with E-state index in [0.29, 0.717) is 24.6 Å². The van der Waals surface area contributed by atoms with Gasteiger partial charge in [-0.05, 0) is 60.9 Å². The zero-order valence-electron chi connectivity index (χ0n) is 25.8. The summed E-state index contributed by atoms with van der Waals surface area (Å²) >= 11 is 0. The highest BCUT2D eigenvalue weighted by Crippen LogP contribution is 2.26. The van der Waals surface area contributed by atoms with Crippen molar-refractivity contribution in [2.75, 3.05) is 24.0 Å². The van der Waals surface area contributed by atoms with E-state index in [-0.39, 0.29) is 23.8 Å². The number of para-hydroxylation sites is 1. The van der Waals surface area contributed by atoms with E-state index in [1.54, 1.807) is 42.5 Å². The SMILES string of the molecule is CCCCNC(=O)C(Cc1ccccc1)N(Cc1ccccc1)C(=O)CN(c1ccccc1)S(=O)(=O)c1ccc(OCC)cc1. The van der Waals surface area contributed by atoms with Gasteiger partial charge in [0, 0.05) is 19.5 Å². The van der Waals surface area contributed by atoms with Gasteiger partial charge in [0.15, 0.2) is 0 Å². The number of unbranched alkanes of at least 4 members (excludes halogenated alkanes) is 1. The molecule has 0 saturated heterocycles. The Kier molecular flexibility index (Phi) is 12.2. The Morgan fingerprint density at radius 3 is 1.93 bits per heavy atom. The molecule has 0 saturated carbocycles. The number of rotatable bonds is 16. The molecule has 9 heteroatoms. The molecule has 45 heavy (non-hydrogen) atoms. The second-order valence-corrected chi connectivity index (χ2v) is 12.5. The summed E-state index contributed by atoms with van der Waals surface area (Å²) in [6, 6.07) is 32.7. The van der Waals surface area contributed by atoms with Gasteiger partial charge in [0.2, 0.25) is 11.8 Å². The number of amides is 2. The Morgan fingerprint density at radius 1 is 0.778 bits per heavy atom. The maximum Gasteiger partial charge on any atom is 0.264 e. The minimum atomic E-state index is -4.18. The van der Waals surface area contributed by atoms with E-state index in [2.05, 4.69) is 5.32 Å². The van der Waals surface area contributed by atoms with Crippen LogP contribution in [-0.4, -0.2) is 50.9 Å². The average Bonchev–Trinajstić information content (AvgIpc) is 3.07. The van der Waals surface area contributed by atoms with Crippen LogP contribution < -0.4 is 14.4 Å². The van der Waals surface area contributed by atoms with Gasteiger partial charge < -0.3 is 15.0 Å². The van der Waals surface area contributed by atoms with Crippen molar-refractivity contribution in [2.24, 2.45) is 0 Å². The molecule has 0 aliphatic rings. The Morgan fingerprint density at radius 2 is 1.36 bits per heavy atom. The molecule has 0 radical (unpaired) electrons. The topological polar surface area (TPSA) is 96.0 Å². The van der Waals surface area contributed by atoms with Crippen molar-refractivity contribution >= 4 is 27.5 Å². The van der Waals surface area contributed by atoms with Gasteiger partial charge in [-0.25, -0.2) is 8.42 Å². The first-order valence-corrected chi connectivity index (χ1v) is 16.7. The summed E-state index contributed by atoms with van der Waals surface area (Å²) in [5.41, 5.74) is 2.05. The highest BCUT2D eigenvalue weighted by atomic mass is 32.2. The number of ether oxygens (including phenoxy) is 1. The monoisotopic (exact) mass is 627 g/mol. The van der Waals surface area contributed by atoms with E-state index in [1.165, 1.54) is 17.0 Å². The highest BCUT2D eigenvalue weighted by Gasteiger charge is 2.34. The standard InChI is InChI=1S/C36H41N3O5S/c1-3-5-25-37-36(41)34(26-29-15-9-6-10-16-29)38(27-30-17-11-7-12-18-30)35(40)28-39(31-19-13-8-14-20-31)45(42,43)33-23-21-32(22-24-33)44-4-2/h6-24,34H,3-5,25-28H2,1-2H3,(H,37,41). The predicted molar refractivity (Wildman–Crippen MR) is 177 cm³/mol. The van der Waals surface area contributed by atoms with Crippen LogP contribution in [0.1, 0.15) is 37.8 Å². The lowest BCUT2D eigenvalue weighted by Crippen LogP contribution is -2.53. The molecule has 0 aromatic heterocycles. The molecule has 2 amide bonds. The first-order chi connectivity index (χ1) is 21.8. The lowest BCUT2D eigenvalue weighted by atomic mass is 10.0. The van der Waals surface area contributed by atoms with Crippen LogP contribution >= 0.6 is 0 Å². The summed E-state index contributed by atoms with van der Waals surface area (Å²) in [5, 5.41) is 3.01. The second kappa shape index (κ2) is 16.4. The molecule has 1 N–H and O–H groups in total. The van der Waals surface area contributed by atoms with Crippen LogP contribution in [0.5, 0.6) is 5.75 Å². The summed E-state index contributed by atoms with van der Waals surface area (Å²) in [5.74, 6) is -0.230. The fraction of sp³-hybridized carbons (Fsp3) is 0.278. The smallest absolute Gasteiger partial charge is 0.264 e. The van der Waals surface area contributed by atoms with Crippen molar-refractivity contribution < 1.29 is 22.7 Å².